The van der Waals surface area contributed by atoms with Gasteiger partial charge in [-0.15, -0.1) is 0 Å². The highest BCUT2D eigenvalue weighted by Gasteiger charge is 2.23. The van der Waals surface area contributed by atoms with Crippen LogP contribution in [-0.2, 0) is 10.0 Å². The topological polar surface area (TPSA) is 101 Å². The monoisotopic (exact) mass is 237 g/mol. The van der Waals surface area contributed by atoms with Gasteiger partial charge in [0.25, 0.3) is 0 Å². The molecule has 0 amide bonds. The summed E-state index contributed by atoms with van der Waals surface area (Å²) in [5, 5.41) is 21.9. The predicted molar refractivity (Wildman–Crippen MR) is 47.6 cm³/mol. The van der Waals surface area contributed by atoms with Gasteiger partial charge < -0.3 is 10.0 Å². The van der Waals surface area contributed by atoms with Crippen molar-refractivity contribution in [1.82, 2.24) is 0 Å². The van der Waals surface area contributed by atoms with Crippen molar-refractivity contribution in [2.75, 3.05) is 0 Å². The van der Waals surface area contributed by atoms with Crippen LogP contribution in [-0.4, -0.2) is 25.6 Å². The lowest BCUT2D eigenvalue weighted by atomic mass is 9.80. The van der Waals surface area contributed by atoms with Gasteiger partial charge >= 0.3 is 7.12 Å². The largest absolute Gasteiger partial charge is 0.491 e. The van der Waals surface area contributed by atoms with Gasteiger partial charge in [-0.3, -0.25) is 0 Å². The van der Waals surface area contributed by atoms with Crippen LogP contribution in [0.3, 0.4) is 0 Å². The molecule has 0 aromatic heterocycles. The molecule has 0 aliphatic heterocycles. The molecule has 0 bridgehead atoms. The van der Waals surface area contributed by atoms with E-state index in [0.717, 1.165) is 0 Å². The number of hydrogen-bond donors (Lipinski definition) is 3. The van der Waals surface area contributed by atoms with Crippen molar-refractivity contribution in [2.45, 2.75) is 4.90 Å². The maximum absolute atomic E-state index is 12.9. The molecule has 9 heteroatoms. The fourth-order valence-corrected chi connectivity index (χ4v) is 1.58. The second-order valence-corrected chi connectivity index (χ2v) is 4.25. The van der Waals surface area contributed by atoms with Gasteiger partial charge in [0.2, 0.25) is 10.0 Å². The molecule has 0 radical (unpaired) electrons. The fraction of sp³-hybridized carbons (Fsp3) is 0. The molecule has 0 saturated carbocycles. The number of benzene rings is 1. The summed E-state index contributed by atoms with van der Waals surface area (Å²) in [5.41, 5.74) is -0.763. The van der Waals surface area contributed by atoms with Gasteiger partial charge in [-0.2, -0.15) is 0 Å². The van der Waals surface area contributed by atoms with E-state index in [0.29, 0.717) is 6.07 Å². The highest BCUT2D eigenvalue weighted by molar-refractivity contribution is 7.89. The Morgan fingerprint density at radius 1 is 1.20 bits per heavy atom. The molecule has 5 nitrogen and oxygen atoms in total. The maximum atomic E-state index is 12.9. The Hall–Kier alpha value is -1.03. The third-order valence-electron chi connectivity index (χ3n) is 1.64. The molecule has 1 aromatic rings. The van der Waals surface area contributed by atoms with Crippen LogP contribution in [0.15, 0.2) is 17.0 Å². The van der Waals surface area contributed by atoms with Crippen LogP contribution >= 0.6 is 0 Å². The van der Waals surface area contributed by atoms with Crippen LogP contribution < -0.4 is 10.6 Å². The fourth-order valence-electron chi connectivity index (χ4n) is 0.961. The van der Waals surface area contributed by atoms with Gasteiger partial charge in [-0.05, 0) is 6.07 Å². The molecule has 1 aromatic carbocycles. The van der Waals surface area contributed by atoms with Crippen molar-refractivity contribution in [3.8, 4) is 0 Å². The van der Waals surface area contributed by atoms with Crippen molar-refractivity contribution in [2.24, 2.45) is 5.14 Å². The summed E-state index contributed by atoms with van der Waals surface area (Å²) in [6.45, 7) is 0. The average molecular weight is 237 g/mol. The third kappa shape index (κ3) is 2.51. The summed E-state index contributed by atoms with van der Waals surface area (Å²) in [4.78, 5) is -0.994. The van der Waals surface area contributed by atoms with Crippen molar-refractivity contribution in [3.05, 3.63) is 23.8 Å². The summed E-state index contributed by atoms with van der Waals surface area (Å²) >= 11 is 0. The highest BCUT2D eigenvalue weighted by Crippen LogP contribution is 2.12. The van der Waals surface area contributed by atoms with Crippen molar-refractivity contribution >= 4 is 22.6 Å². The van der Waals surface area contributed by atoms with E-state index in [9.17, 15) is 17.2 Å². The first kappa shape index (κ1) is 12.0. The minimum atomic E-state index is -4.37. The molecule has 0 fully saturated rings. The number of nitrogens with two attached hydrogens (primary N) is 1. The van der Waals surface area contributed by atoms with E-state index in [1.54, 1.807) is 0 Å². The van der Waals surface area contributed by atoms with Gasteiger partial charge in [-0.25, -0.2) is 22.3 Å². The summed E-state index contributed by atoms with van der Waals surface area (Å²) in [6, 6.07) is 0.652. The molecule has 0 aliphatic carbocycles. The Kier molecular flexibility index (Phi) is 3.09. The Morgan fingerprint density at radius 2 is 1.73 bits per heavy atom. The van der Waals surface area contributed by atoms with Crippen LogP contribution in [0.5, 0.6) is 0 Å². The molecule has 1 rings (SSSR count). The van der Waals surface area contributed by atoms with Gasteiger partial charge in [-0.1, -0.05) is 0 Å². The van der Waals surface area contributed by atoms with Crippen LogP contribution in [0.4, 0.5) is 8.78 Å². The lowest BCUT2D eigenvalue weighted by molar-refractivity contribution is 0.422. The van der Waals surface area contributed by atoms with Crippen LogP contribution in [0.25, 0.3) is 0 Å². The van der Waals surface area contributed by atoms with E-state index >= 15 is 0 Å². The summed E-state index contributed by atoms with van der Waals surface area (Å²) in [5.74, 6) is -2.66. The van der Waals surface area contributed by atoms with Gasteiger partial charge in [0.15, 0.2) is 0 Å². The number of halogens is 2. The van der Waals surface area contributed by atoms with E-state index in [-0.39, 0.29) is 6.07 Å². The Morgan fingerprint density at radius 3 is 2.13 bits per heavy atom. The van der Waals surface area contributed by atoms with Gasteiger partial charge in [0, 0.05) is 11.5 Å². The maximum Gasteiger partial charge on any atom is 0.491 e. The molecule has 0 heterocycles. The SMILES string of the molecule is NS(=O)(=O)c1cc(B(O)O)c(F)cc1F. The summed E-state index contributed by atoms with van der Waals surface area (Å²) < 4.78 is 47.4. The van der Waals surface area contributed by atoms with Crippen LogP contribution in [0, 0.1) is 11.6 Å². The average Bonchev–Trinajstić information content (AvgIpc) is 2.00. The first-order valence-corrected chi connectivity index (χ1v) is 5.16. The number of hydrogen-bond acceptors (Lipinski definition) is 4. The minimum absolute atomic E-state index is 0.217. The smallest absolute Gasteiger partial charge is 0.423 e. The van der Waals surface area contributed by atoms with E-state index in [1.165, 1.54) is 0 Å². The Labute approximate surface area is 84.3 Å². The van der Waals surface area contributed by atoms with Crippen molar-refractivity contribution < 1.29 is 27.2 Å². The summed E-state index contributed by atoms with van der Waals surface area (Å²) in [7, 11) is -6.61. The van der Waals surface area contributed by atoms with E-state index in [4.69, 9.17) is 10.0 Å². The molecule has 0 saturated heterocycles. The third-order valence-corrected chi connectivity index (χ3v) is 2.56. The van der Waals surface area contributed by atoms with E-state index < -0.39 is 39.1 Å². The van der Waals surface area contributed by atoms with Gasteiger partial charge in [0.1, 0.15) is 16.5 Å². The van der Waals surface area contributed by atoms with E-state index in [2.05, 4.69) is 5.14 Å². The second kappa shape index (κ2) is 3.85. The van der Waals surface area contributed by atoms with E-state index in [1.807, 2.05) is 0 Å². The van der Waals surface area contributed by atoms with Crippen LogP contribution in [0.2, 0.25) is 0 Å². The molecular formula is C6H6BF2NO4S. The first-order valence-electron chi connectivity index (χ1n) is 3.61. The molecule has 82 valence electrons. The minimum Gasteiger partial charge on any atom is -0.423 e. The molecule has 4 N–H and O–H groups in total. The number of sulfonamides is 1. The molecule has 0 aliphatic rings. The normalized spacial score (nSPS) is 11.5. The van der Waals surface area contributed by atoms with Crippen LogP contribution in [0.1, 0.15) is 0 Å². The van der Waals surface area contributed by atoms with Crippen molar-refractivity contribution in [3.63, 3.8) is 0 Å². The summed E-state index contributed by atoms with van der Waals surface area (Å²) in [6.07, 6.45) is 0. The molecule has 0 atom stereocenters. The zero-order valence-electron chi connectivity index (χ0n) is 7.18. The number of primary sulfonamides is 1. The molecule has 0 spiro atoms. The standard InChI is InChI=1S/C6H6BF2NO4S/c8-4-2-5(9)6(15(10,13)14)1-3(4)7(11)12/h1-2,11-12H,(H2,10,13,14). The first-order chi connectivity index (χ1) is 6.73. The molecule has 15 heavy (non-hydrogen) atoms. The quantitative estimate of drug-likeness (QED) is 0.533. The zero-order chi connectivity index (χ0) is 11.8. The lowest BCUT2D eigenvalue weighted by Crippen LogP contribution is -2.34. The predicted octanol–water partition coefficient (Wildman–Crippen LogP) is -1.71. The Bertz CT molecular complexity index is 490. The zero-order valence-corrected chi connectivity index (χ0v) is 8.00. The Balaban J connectivity index is 3.50. The highest BCUT2D eigenvalue weighted by atomic mass is 32.2. The molecular weight excluding hydrogens is 231 g/mol. The van der Waals surface area contributed by atoms with Crippen molar-refractivity contribution in [1.29, 1.82) is 0 Å². The molecule has 0 unspecified atom stereocenters. The number of rotatable bonds is 2. The second-order valence-electron chi connectivity index (χ2n) is 2.72. The lowest BCUT2D eigenvalue weighted by Gasteiger charge is -2.05. The van der Waals surface area contributed by atoms with Gasteiger partial charge in [0.05, 0.1) is 0 Å².